The molecule has 0 unspecified atom stereocenters. The van der Waals surface area contributed by atoms with Crippen molar-refractivity contribution in [2.75, 3.05) is 0 Å². The second-order valence-electron chi connectivity index (χ2n) is 4.72. The van der Waals surface area contributed by atoms with Gasteiger partial charge >= 0.3 is 6.03 Å². The van der Waals surface area contributed by atoms with E-state index in [1.165, 1.54) is 0 Å². The lowest BCUT2D eigenvalue weighted by atomic mass is 9.93. The monoisotopic (exact) mass is 269 g/mol. The summed E-state index contributed by atoms with van der Waals surface area (Å²) < 4.78 is 0. The summed E-state index contributed by atoms with van der Waals surface area (Å²) in [7, 11) is 0. The minimum Gasteiger partial charge on any atom is -0.393 e. The zero-order valence-electron chi connectivity index (χ0n) is 10.5. The molecule has 0 spiro atoms. The molecule has 2 rings (SSSR count). The molecular weight excluding hydrogens is 250 g/mol. The van der Waals surface area contributed by atoms with E-state index >= 15 is 0 Å². The summed E-state index contributed by atoms with van der Waals surface area (Å²) in [6.07, 6.45) is 3.06. The van der Waals surface area contributed by atoms with Gasteiger partial charge in [0, 0.05) is 17.1 Å². The molecule has 1 heterocycles. The van der Waals surface area contributed by atoms with E-state index in [4.69, 9.17) is 0 Å². The van der Waals surface area contributed by atoms with Crippen LogP contribution in [0, 0.1) is 6.92 Å². The average Bonchev–Trinajstić information content (AvgIpc) is 2.76. The third-order valence-electron chi connectivity index (χ3n) is 3.10. The number of carbonyl (C=O) groups excluding carboxylic acids is 1. The third-order valence-corrected chi connectivity index (χ3v) is 4.07. The summed E-state index contributed by atoms with van der Waals surface area (Å²) in [6, 6.07) is 0.0377. The highest BCUT2D eigenvalue weighted by molar-refractivity contribution is 7.09. The lowest BCUT2D eigenvalue weighted by Gasteiger charge is -2.26. The smallest absolute Gasteiger partial charge is 0.315 e. The Morgan fingerprint density at radius 1 is 1.50 bits per heavy atom. The molecule has 0 aromatic carbocycles. The lowest BCUT2D eigenvalue weighted by molar-refractivity contribution is 0.117. The van der Waals surface area contributed by atoms with Crippen molar-refractivity contribution in [3.8, 4) is 0 Å². The van der Waals surface area contributed by atoms with Crippen molar-refractivity contribution in [1.82, 2.24) is 15.6 Å². The molecule has 5 nitrogen and oxygen atoms in total. The Morgan fingerprint density at radius 3 is 2.83 bits per heavy atom. The Hall–Kier alpha value is -1.14. The van der Waals surface area contributed by atoms with E-state index in [9.17, 15) is 9.90 Å². The Bertz CT molecular complexity index is 400. The van der Waals surface area contributed by atoms with Crippen molar-refractivity contribution >= 4 is 17.4 Å². The van der Waals surface area contributed by atoms with Gasteiger partial charge in [0.05, 0.1) is 12.6 Å². The summed E-state index contributed by atoms with van der Waals surface area (Å²) in [6.45, 7) is 2.41. The fourth-order valence-corrected chi connectivity index (χ4v) is 2.81. The summed E-state index contributed by atoms with van der Waals surface area (Å²) in [5.41, 5.74) is 0.985. The third kappa shape index (κ3) is 3.96. The van der Waals surface area contributed by atoms with Crippen LogP contribution in [0.1, 0.15) is 36.4 Å². The van der Waals surface area contributed by atoms with Gasteiger partial charge in [-0.1, -0.05) is 0 Å². The fraction of sp³-hybridized carbons (Fsp3) is 0.667. The van der Waals surface area contributed by atoms with E-state index in [1.807, 2.05) is 12.3 Å². The number of aryl methyl sites for hydroxylation is 1. The van der Waals surface area contributed by atoms with Gasteiger partial charge in [0.2, 0.25) is 0 Å². The Morgan fingerprint density at radius 2 is 2.22 bits per heavy atom. The number of carbonyl (C=O) groups is 1. The first-order valence-electron chi connectivity index (χ1n) is 6.27. The molecule has 3 N–H and O–H groups in total. The van der Waals surface area contributed by atoms with Gasteiger partial charge < -0.3 is 15.7 Å². The van der Waals surface area contributed by atoms with E-state index in [0.717, 1.165) is 36.4 Å². The van der Waals surface area contributed by atoms with E-state index in [-0.39, 0.29) is 18.2 Å². The number of aromatic nitrogens is 1. The van der Waals surface area contributed by atoms with Gasteiger partial charge in [-0.15, -0.1) is 11.3 Å². The first kappa shape index (κ1) is 13.3. The topological polar surface area (TPSA) is 74.2 Å². The van der Waals surface area contributed by atoms with E-state index < -0.39 is 0 Å². The number of hydrogen-bond acceptors (Lipinski definition) is 4. The molecule has 1 aromatic heterocycles. The van der Waals surface area contributed by atoms with Crippen LogP contribution in [-0.4, -0.2) is 28.3 Å². The number of urea groups is 1. The van der Waals surface area contributed by atoms with Crippen molar-refractivity contribution in [3.05, 3.63) is 16.1 Å². The standard InChI is InChI=1S/C12H19N3O2S/c1-8-7-18-11(14-8)6-13-12(17)15-9-2-4-10(16)5-3-9/h7,9-10,16H,2-6H2,1H3,(H2,13,15,17). The summed E-state index contributed by atoms with van der Waals surface area (Å²) in [5.74, 6) is 0. The number of aliphatic hydroxyl groups is 1. The summed E-state index contributed by atoms with van der Waals surface area (Å²) in [5, 5.41) is 18.0. The fourth-order valence-electron chi connectivity index (χ4n) is 2.10. The second kappa shape index (κ2) is 6.15. The van der Waals surface area contributed by atoms with Crippen molar-refractivity contribution in [2.45, 2.75) is 51.3 Å². The number of nitrogens with one attached hydrogen (secondary N) is 2. The Labute approximate surface area is 111 Å². The number of thiazole rings is 1. The maximum atomic E-state index is 11.7. The molecular formula is C12H19N3O2S. The zero-order valence-corrected chi connectivity index (χ0v) is 11.3. The van der Waals surface area contributed by atoms with Crippen molar-refractivity contribution in [3.63, 3.8) is 0 Å². The minimum atomic E-state index is -0.190. The van der Waals surface area contributed by atoms with Crippen LogP contribution in [0.25, 0.3) is 0 Å². The number of rotatable bonds is 3. The molecule has 0 aliphatic heterocycles. The van der Waals surface area contributed by atoms with Crippen LogP contribution in [0.2, 0.25) is 0 Å². The van der Waals surface area contributed by atoms with E-state index in [1.54, 1.807) is 11.3 Å². The molecule has 0 radical (unpaired) electrons. The van der Waals surface area contributed by atoms with Gasteiger partial charge in [0.1, 0.15) is 5.01 Å². The van der Waals surface area contributed by atoms with Gasteiger partial charge in [0.15, 0.2) is 0 Å². The highest BCUT2D eigenvalue weighted by Gasteiger charge is 2.20. The quantitative estimate of drug-likeness (QED) is 0.779. The SMILES string of the molecule is Cc1csc(CNC(=O)NC2CCC(O)CC2)n1. The number of aliphatic hydroxyl groups excluding tert-OH is 1. The van der Waals surface area contributed by atoms with Crippen LogP contribution >= 0.6 is 11.3 Å². The molecule has 1 fully saturated rings. The predicted octanol–water partition coefficient (Wildman–Crippen LogP) is 1.55. The molecule has 1 aliphatic carbocycles. The van der Waals surface area contributed by atoms with Gasteiger partial charge in [0.25, 0.3) is 0 Å². The molecule has 2 amide bonds. The van der Waals surface area contributed by atoms with Gasteiger partial charge in [-0.05, 0) is 32.6 Å². The molecule has 18 heavy (non-hydrogen) atoms. The van der Waals surface area contributed by atoms with Gasteiger partial charge in [-0.25, -0.2) is 9.78 Å². The second-order valence-corrected chi connectivity index (χ2v) is 5.66. The van der Waals surface area contributed by atoms with Crippen LogP contribution in [0.4, 0.5) is 4.79 Å². The molecule has 0 saturated heterocycles. The van der Waals surface area contributed by atoms with Gasteiger partial charge in [-0.2, -0.15) is 0 Å². The Balaban J connectivity index is 1.69. The first-order chi connectivity index (χ1) is 8.63. The van der Waals surface area contributed by atoms with E-state index in [2.05, 4.69) is 15.6 Å². The zero-order chi connectivity index (χ0) is 13.0. The number of amides is 2. The largest absolute Gasteiger partial charge is 0.393 e. The molecule has 6 heteroatoms. The first-order valence-corrected chi connectivity index (χ1v) is 7.15. The van der Waals surface area contributed by atoms with Crippen LogP contribution in [0.5, 0.6) is 0 Å². The lowest BCUT2D eigenvalue weighted by Crippen LogP contribution is -2.43. The number of hydrogen-bond donors (Lipinski definition) is 3. The van der Waals surface area contributed by atoms with E-state index in [0.29, 0.717) is 6.54 Å². The summed E-state index contributed by atoms with van der Waals surface area (Å²) >= 11 is 1.55. The van der Waals surface area contributed by atoms with Gasteiger partial charge in [-0.3, -0.25) is 0 Å². The predicted molar refractivity (Wildman–Crippen MR) is 70.5 cm³/mol. The molecule has 0 bridgehead atoms. The van der Waals surface area contributed by atoms with Crippen LogP contribution in [0.15, 0.2) is 5.38 Å². The molecule has 1 aromatic rings. The van der Waals surface area contributed by atoms with Crippen molar-refractivity contribution < 1.29 is 9.90 Å². The van der Waals surface area contributed by atoms with Crippen LogP contribution in [-0.2, 0) is 6.54 Å². The molecule has 1 saturated carbocycles. The summed E-state index contributed by atoms with van der Waals surface area (Å²) in [4.78, 5) is 15.9. The van der Waals surface area contributed by atoms with Crippen LogP contribution in [0.3, 0.4) is 0 Å². The van der Waals surface area contributed by atoms with Crippen molar-refractivity contribution in [2.24, 2.45) is 0 Å². The highest BCUT2D eigenvalue weighted by Crippen LogP contribution is 2.18. The molecule has 100 valence electrons. The maximum absolute atomic E-state index is 11.7. The van der Waals surface area contributed by atoms with Crippen LogP contribution < -0.4 is 10.6 Å². The Kier molecular flexibility index (Phi) is 4.54. The maximum Gasteiger partial charge on any atom is 0.315 e. The highest BCUT2D eigenvalue weighted by atomic mass is 32.1. The minimum absolute atomic E-state index is 0.149. The molecule has 0 atom stereocenters. The number of nitrogens with zero attached hydrogens (tertiary/aromatic N) is 1. The normalized spacial score (nSPS) is 23.7. The van der Waals surface area contributed by atoms with Crippen molar-refractivity contribution in [1.29, 1.82) is 0 Å². The average molecular weight is 269 g/mol. The molecule has 1 aliphatic rings.